The average Bonchev–Trinajstić information content (AvgIpc) is 3.08. The third-order valence-electron chi connectivity index (χ3n) is 4.81. The van der Waals surface area contributed by atoms with Gasteiger partial charge in [0.2, 0.25) is 0 Å². The predicted molar refractivity (Wildman–Crippen MR) is 118 cm³/mol. The van der Waals surface area contributed by atoms with Crippen LogP contribution < -0.4 is 9.61 Å². The Bertz CT molecular complexity index is 1280. The lowest BCUT2D eigenvalue weighted by Crippen LogP contribution is -2.17. The highest BCUT2D eigenvalue weighted by molar-refractivity contribution is 7.16. The van der Waals surface area contributed by atoms with E-state index in [4.69, 9.17) is 4.74 Å². The molecule has 0 saturated heterocycles. The topological polar surface area (TPSA) is 65.4 Å². The summed E-state index contributed by atoms with van der Waals surface area (Å²) in [7, 11) is 0. The van der Waals surface area contributed by atoms with Crippen molar-refractivity contribution in [1.29, 1.82) is 0 Å². The zero-order valence-corrected chi connectivity index (χ0v) is 17.1. The van der Waals surface area contributed by atoms with Crippen molar-refractivity contribution in [3.8, 4) is 5.75 Å². The number of ketones is 1. The molecule has 0 atom stereocenters. The van der Waals surface area contributed by atoms with Gasteiger partial charge in [-0.3, -0.25) is 19.0 Å². The van der Waals surface area contributed by atoms with Gasteiger partial charge >= 0.3 is 4.87 Å². The van der Waals surface area contributed by atoms with Crippen molar-refractivity contribution in [2.75, 3.05) is 6.61 Å². The summed E-state index contributed by atoms with van der Waals surface area (Å²) in [6.45, 7) is 2.65. The van der Waals surface area contributed by atoms with E-state index in [-0.39, 0.29) is 10.7 Å². The fourth-order valence-corrected chi connectivity index (χ4v) is 4.23. The first-order valence-electron chi connectivity index (χ1n) is 9.48. The van der Waals surface area contributed by atoms with Crippen LogP contribution in [0.5, 0.6) is 5.75 Å². The second kappa shape index (κ2) is 8.47. The van der Waals surface area contributed by atoms with Crippen LogP contribution in [0.3, 0.4) is 0 Å². The predicted octanol–water partition coefficient (Wildman–Crippen LogP) is 4.49. The number of nitrogens with zero attached hydrogens (tertiary/aromatic N) is 1. The third-order valence-corrected chi connectivity index (χ3v) is 5.75. The number of benzene rings is 3. The van der Waals surface area contributed by atoms with Gasteiger partial charge in [-0.15, -0.1) is 0 Å². The summed E-state index contributed by atoms with van der Waals surface area (Å²) >= 11 is 1.12. The van der Waals surface area contributed by atoms with E-state index < -0.39 is 0 Å². The number of ether oxygens (including phenoxy) is 1. The largest absolute Gasteiger partial charge is 0.492 e. The van der Waals surface area contributed by atoms with Crippen LogP contribution in [-0.2, 0) is 6.54 Å². The van der Waals surface area contributed by atoms with E-state index in [1.54, 1.807) is 47.0 Å². The molecule has 4 aromatic rings. The molecule has 1 aromatic heterocycles. The van der Waals surface area contributed by atoms with Crippen LogP contribution in [0.15, 0.2) is 71.5 Å². The first-order valence-corrected chi connectivity index (χ1v) is 10.3. The van der Waals surface area contributed by atoms with Crippen molar-refractivity contribution in [1.82, 2.24) is 4.57 Å². The van der Waals surface area contributed by atoms with E-state index in [0.29, 0.717) is 35.6 Å². The van der Waals surface area contributed by atoms with Gasteiger partial charge < -0.3 is 4.74 Å². The summed E-state index contributed by atoms with van der Waals surface area (Å²) < 4.78 is 8.11. The lowest BCUT2D eigenvalue weighted by Gasteiger charge is -2.08. The van der Waals surface area contributed by atoms with E-state index in [0.717, 1.165) is 33.4 Å². The van der Waals surface area contributed by atoms with Crippen molar-refractivity contribution in [3.05, 3.63) is 98.7 Å². The minimum atomic E-state index is -0.0925. The Morgan fingerprint density at radius 1 is 1.03 bits per heavy atom. The van der Waals surface area contributed by atoms with Gasteiger partial charge in [-0.2, -0.15) is 0 Å². The minimum absolute atomic E-state index is 0.0601. The number of carbonyl (C=O) groups is 2. The molecule has 5 nitrogen and oxygen atoms in total. The Balaban J connectivity index is 1.52. The van der Waals surface area contributed by atoms with Crippen LogP contribution >= 0.6 is 11.3 Å². The average molecular weight is 417 g/mol. The number of fused-ring (bicyclic) bond motifs is 1. The Kier molecular flexibility index (Phi) is 5.59. The van der Waals surface area contributed by atoms with Gasteiger partial charge in [-0.25, -0.2) is 0 Å². The van der Waals surface area contributed by atoms with E-state index in [2.05, 4.69) is 0 Å². The van der Waals surface area contributed by atoms with Crippen LogP contribution in [-0.4, -0.2) is 23.2 Å². The summed E-state index contributed by atoms with van der Waals surface area (Å²) in [6, 6.07) is 19.6. The molecule has 0 bridgehead atoms. The van der Waals surface area contributed by atoms with Crippen molar-refractivity contribution < 1.29 is 14.3 Å². The molecule has 1 heterocycles. The lowest BCUT2D eigenvalue weighted by molar-refractivity contribution is 0.103. The van der Waals surface area contributed by atoms with Crippen molar-refractivity contribution in [3.63, 3.8) is 0 Å². The maximum atomic E-state index is 12.8. The van der Waals surface area contributed by atoms with Gasteiger partial charge in [-0.1, -0.05) is 35.1 Å². The summed E-state index contributed by atoms with van der Waals surface area (Å²) in [5, 5.41) is 0. The number of carbonyl (C=O) groups excluding carboxylic acids is 2. The number of thiazole rings is 1. The summed E-state index contributed by atoms with van der Waals surface area (Å²) in [5.74, 6) is 0.578. The molecule has 6 heteroatoms. The Labute approximate surface area is 177 Å². The molecule has 0 aliphatic carbocycles. The molecular weight excluding hydrogens is 398 g/mol. The van der Waals surface area contributed by atoms with E-state index >= 15 is 0 Å². The maximum Gasteiger partial charge on any atom is 0.308 e. The van der Waals surface area contributed by atoms with E-state index in [9.17, 15) is 14.4 Å². The third kappa shape index (κ3) is 4.09. The highest BCUT2D eigenvalue weighted by atomic mass is 32.1. The number of hydrogen-bond donors (Lipinski definition) is 0. The molecule has 150 valence electrons. The quantitative estimate of drug-likeness (QED) is 0.328. The van der Waals surface area contributed by atoms with Crippen molar-refractivity contribution in [2.45, 2.75) is 13.5 Å². The van der Waals surface area contributed by atoms with Gasteiger partial charge in [0.1, 0.15) is 18.6 Å². The Morgan fingerprint density at radius 3 is 2.53 bits per heavy atom. The van der Waals surface area contributed by atoms with Crippen molar-refractivity contribution in [2.24, 2.45) is 0 Å². The number of aryl methyl sites for hydroxylation is 1. The van der Waals surface area contributed by atoms with Gasteiger partial charge in [-0.05, 0) is 55.5 Å². The molecular formula is C24H19NO4S. The molecule has 0 saturated carbocycles. The zero-order valence-electron chi connectivity index (χ0n) is 16.3. The monoisotopic (exact) mass is 417 g/mol. The number of aromatic nitrogens is 1. The summed E-state index contributed by atoms with van der Waals surface area (Å²) in [5.41, 5.74) is 3.59. The summed E-state index contributed by atoms with van der Waals surface area (Å²) in [6.07, 6.45) is 0.777. The van der Waals surface area contributed by atoms with E-state index in [1.807, 2.05) is 31.2 Å². The number of rotatable bonds is 7. The smallest absolute Gasteiger partial charge is 0.308 e. The van der Waals surface area contributed by atoms with E-state index in [1.165, 1.54) is 0 Å². The molecule has 0 aliphatic rings. The lowest BCUT2D eigenvalue weighted by atomic mass is 10.0. The number of aldehydes is 1. The Hall–Kier alpha value is -3.51. The molecule has 3 aromatic carbocycles. The van der Waals surface area contributed by atoms with Crippen LogP contribution in [0.1, 0.15) is 31.8 Å². The first kappa shape index (κ1) is 19.8. The zero-order chi connectivity index (χ0) is 21.1. The minimum Gasteiger partial charge on any atom is -0.492 e. The van der Waals surface area contributed by atoms with Gasteiger partial charge in [0.25, 0.3) is 0 Å². The molecule has 0 spiro atoms. The molecule has 30 heavy (non-hydrogen) atoms. The van der Waals surface area contributed by atoms with Gasteiger partial charge in [0, 0.05) is 16.7 Å². The Morgan fingerprint density at radius 2 is 1.80 bits per heavy atom. The second-order valence-corrected chi connectivity index (χ2v) is 7.93. The van der Waals surface area contributed by atoms with Crippen molar-refractivity contribution >= 4 is 33.6 Å². The number of hydrogen-bond acceptors (Lipinski definition) is 5. The molecule has 0 N–H and O–H groups in total. The fourth-order valence-electron chi connectivity index (χ4n) is 3.27. The highest BCUT2D eigenvalue weighted by Gasteiger charge is 2.13. The molecule has 0 radical (unpaired) electrons. The van der Waals surface area contributed by atoms with Crippen LogP contribution in [0.25, 0.3) is 10.2 Å². The normalized spacial score (nSPS) is 10.8. The highest BCUT2D eigenvalue weighted by Crippen LogP contribution is 2.21. The summed E-state index contributed by atoms with van der Waals surface area (Å²) in [4.78, 5) is 35.9. The second-order valence-electron chi connectivity index (χ2n) is 6.94. The first-order chi connectivity index (χ1) is 14.5. The molecule has 0 aliphatic heterocycles. The standard InChI is InChI=1S/C24H19NO4S/c1-16-3-2-4-18(13-16)23(27)19-7-10-21-22(14-19)30-24(28)25(21)11-12-29-20-8-5-17(15-26)6-9-20/h2-10,13-15H,11-12H2,1H3. The fraction of sp³-hybridized carbons (Fsp3) is 0.125. The molecule has 0 fully saturated rings. The maximum absolute atomic E-state index is 12.8. The van der Waals surface area contributed by atoms with Crippen LogP contribution in [0.2, 0.25) is 0 Å². The van der Waals surface area contributed by atoms with Crippen LogP contribution in [0, 0.1) is 6.92 Å². The molecule has 4 rings (SSSR count). The van der Waals surface area contributed by atoms with Gasteiger partial charge in [0.05, 0.1) is 16.8 Å². The van der Waals surface area contributed by atoms with Crippen LogP contribution in [0.4, 0.5) is 0 Å². The SMILES string of the molecule is Cc1cccc(C(=O)c2ccc3c(c2)sc(=O)n3CCOc2ccc(C=O)cc2)c1. The molecule has 0 amide bonds. The molecule has 0 unspecified atom stereocenters. The van der Waals surface area contributed by atoms with Gasteiger partial charge in [0.15, 0.2) is 5.78 Å².